The molecular formula is C19H18N2O2. The number of phenolic OH excluding ortho intramolecular Hbond substituents is 1. The molecule has 1 aliphatic heterocycles. The molecule has 4 heteroatoms. The molecular weight excluding hydrogens is 288 g/mol. The molecule has 1 saturated heterocycles. The van der Waals surface area contributed by atoms with Crippen LogP contribution in [0, 0.1) is 0 Å². The van der Waals surface area contributed by atoms with E-state index in [1.807, 2.05) is 36.7 Å². The van der Waals surface area contributed by atoms with Crippen LogP contribution < -0.4 is 10.1 Å². The number of hydrogen-bond acceptors (Lipinski definition) is 4. The van der Waals surface area contributed by atoms with Gasteiger partial charge in [-0.25, -0.2) is 0 Å². The van der Waals surface area contributed by atoms with E-state index in [0.717, 1.165) is 47.2 Å². The van der Waals surface area contributed by atoms with Gasteiger partial charge in [0.2, 0.25) is 0 Å². The summed E-state index contributed by atoms with van der Waals surface area (Å²) >= 11 is 0. The maximum absolute atomic E-state index is 9.74. The third kappa shape index (κ3) is 2.85. The van der Waals surface area contributed by atoms with Crippen molar-refractivity contribution in [2.75, 3.05) is 13.1 Å². The van der Waals surface area contributed by atoms with Crippen LogP contribution in [0.15, 0.2) is 54.9 Å². The summed E-state index contributed by atoms with van der Waals surface area (Å²) in [6, 6.07) is 13.3. The van der Waals surface area contributed by atoms with Crippen molar-refractivity contribution in [3.8, 4) is 22.6 Å². The number of hydrogen-bond donors (Lipinski definition) is 2. The monoisotopic (exact) mass is 306 g/mol. The number of nitrogens with zero attached hydrogens (tertiary/aromatic N) is 1. The molecule has 2 N–H and O–H groups in total. The number of rotatable bonds is 3. The zero-order valence-corrected chi connectivity index (χ0v) is 12.7. The molecule has 0 aliphatic carbocycles. The summed E-state index contributed by atoms with van der Waals surface area (Å²) in [4.78, 5) is 4.32. The average Bonchev–Trinajstić information content (AvgIpc) is 3.07. The summed E-state index contributed by atoms with van der Waals surface area (Å²) < 4.78 is 6.07. The number of pyridine rings is 1. The van der Waals surface area contributed by atoms with Gasteiger partial charge < -0.3 is 15.2 Å². The fourth-order valence-corrected chi connectivity index (χ4v) is 3.04. The summed E-state index contributed by atoms with van der Waals surface area (Å²) in [5.41, 5.74) is 1.94. The quantitative estimate of drug-likeness (QED) is 0.779. The highest BCUT2D eigenvalue weighted by molar-refractivity contribution is 5.96. The molecule has 2 heterocycles. The Labute approximate surface area is 134 Å². The first kappa shape index (κ1) is 14.0. The van der Waals surface area contributed by atoms with Crippen molar-refractivity contribution in [1.29, 1.82) is 0 Å². The van der Waals surface area contributed by atoms with E-state index in [-0.39, 0.29) is 11.9 Å². The van der Waals surface area contributed by atoms with E-state index in [0.29, 0.717) is 0 Å². The van der Waals surface area contributed by atoms with Gasteiger partial charge in [-0.1, -0.05) is 12.1 Å². The second kappa shape index (κ2) is 5.89. The molecule has 3 aromatic rings. The van der Waals surface area contributed by atoms with Crippen LogP contribution in [0.5, 0.6) is 11.5 Å². The molecule has 1 aromatic heterocycles. The molecule has 1 fully saturated rings. The molecule has 0 radical (unpaired) electrons. The standard InChI is InChI=1S/C19H18N2O2/c22-15-3-1-2-13(8-15)19-12-21-10-14-4-5-16(9-18(14)19)23-17-6-7-20-11-17/h1-5,8-10,12,17,20,22H,6-7,11H2/t17-/m0/s1. The lowest BCUT2D eigenvalue weighted by molar-refractivity contribution is 0.223. The van der Waals surface area contributed by atoms with Crippen molar-refractivity contribution in [2.24, 2.45) is 0 Å². The van der Waals surface area contributed by atoms with Gasteiger partial charge in [0.15, 0.2) is 0 Å². The minimum Gasteiger partial charge on any atom is -0.508 e. The molecule has 23 heavy (non-hydrogen) atoms. The predicted octanol–water partition coefficient (Wildman–Crippen LogP) is 3.35. The number of aromatic hydroxyl groups is 1. The highest BCUT2D eigenvalue weighted by Crippen LogP contribution is 2.32. The van der Waals surface area contributed by atoms with Gasteiger partial charge in [0.05, 0.1) is 0 Å². The van der Waals surface area contributed by atoms with Crippen LogP contribution in [0.25, 0.3) is 21.9 Å². The highest BCUT2D eigenvalue weighted by Gasteiger charge is 2.16. The minimum atomic E-state index is 0.235. The molecule has 0 bridgehead atoms. The maximum atomic E-state index is 9.74. The van der Waals surface area contributed by atoms with Crippen LogP contribution in [-0.2, 0) is 0 Å². The highest BCUT2D eigenvalue weighted by atomic mass is 16.5. The van der Waals surface area contributed by atoms with Gasteiger partial charge in [0.25, 0.3) is 0 Å². The molecule has 2 aromatic carbocycles. The van der Waals surface area contributed by atoms with E-state index in [9.17, 15) is 5.11 Å². The van der Waals surface area contributed by atoms with Gasteiger partial charge in [-0.3, -0.25) is 4.98 Å². The van der Waals surface area contributed by atoms with Crippen molar-refractivity contribution in [1.82, 2.24) is 10.3 Å². The Kier molecular flexibility index (Phi) is 3.60. The second-order valence-electron chi connectivity index (χ2n) is 5.85. The van der Waals surface area contributed by atoms with E-state index in [1.54, 1.807) is 12.1 Å². The van der Waals surface area contributed by atoms with E-state index in [4.69, 9.17) is 4.74 Å². The number of fused-ring (bicyclic) bond motifs is 1. The van der Waals surface area contributed by atoms with Crippen molar-refractivity contribution < 1.29 is 9.84 Å². The number of nitrogens with one attached hydrogen (secondary N) is 1. The van der Waals surface area contributed by atoms with Crippen LogP contribution in [0.2, 0.25) is 0 Å². The van der Waals surface area contributed by atoms with Crippen molar-refractivity contribution in [3.63, 3.8) is 0 Å². The summed E-state index contributed by atoms with van der Waals surface area (Å²) in [6.07, 6.45) is 4.95. The molecule has 0 unspecified atom stereocenters. The zero-order valence-electron chi connectivity index (χ0n) is 12.7. The molecule has 1 aliphatic rings. The molecule has 0 saturated carbocycles. The van der Waals surface area contributed by atoms with Gasteiger partial charge in [0, 0.05) is 29.9 Å². The van der Waals surface area contributed by atoms with E-state index < -0.39 is 0 Å². The minimum absolute atomic E-state index is 0.235. The zero-order chi connectivity index (χ0) is 15.6. The first-order valence-corrected chi connectivity index (χ1v) is 7.84. The first-order chi connectivity index (χ1) is 11.3. The van der Waals surface area contributed by atoms with Gasteiger partial charge in [-0.2, -0.15) is 0 Å². The smallest absolute Gasteiger partial charge is 0.120 e. The Hall–Kier alpha value is -2.59. The lowest BCUT2D eigenvalue weighted by Crippen LogP contribution is -2.19. The summed E-state index contributed by atoms with van der Waals surface area (Å²) in [6.45, 7) is 1.91. The Morgan fingerprint density at radius 2 is 2.09 bits per heavy atom. The summed E-state index contributed by atoms with van der Waals surface area (Å²) in [7, 11) is 0. The number of ether oxygens (including phenoxy) is 1. The lowest BCUT2D eigenvalue weighted by Gasteiger charge is -2.14. The van der Waals surface area contributed by atoms with Crippen LogP contribution in [-0.4, -0.2) is 29.3 Å². The lowest BCUT2D eigenvalue weighted by atomic mass is 10.0. The third-order valence-electron chi connectivity index (χ3n) is 4.21. The van der Waals surface area contributed by atoms with Gasteiger partial charge >= 0.3 is 0 Å². The molecule has 0 spiro atoms. The van der Waals surface area contributed by atoms with Crippen molar-refractivity contribution in [2.45, 2.75) is 12.5 Å². The first-order valence-electron chi connectivity index (χ1n) is 7.84. The Bertz CT molecular complexity index is 842. The van der Waals surface area contributed by atoms with Crippen molar-refractivity contribution in [3.05, 3.63) is 54.9 Å². The largest absolute Gasteiger partial charge is 0.508 e. The topological polar surface area (TPSA) is 54.4 Å². The van der Waals surface area contributed by atoms with E-state index >= 15 is 0 Å². The van der Waals surface area contributed by atoms with E-state index in [1.165, 1.54) is 0 Å². The molecule has 4 rings (SSSR count). The predicted molar refractivity (Wildman–Crippen MR) is 90.7 cm³/mol. The molecule has 0 amide bonds. The van der Waals surface area contributed by atoms with E-state index in [2.05, 4.69) is 16.4 Å². The fourth-order valence-electron chi connectivity index (χ4n) is 3.04. The Balaban J connectivity index is 1.77. The number of phenols is 1. The maximum Gasteiger partial charge on any atom is 0.120 e. The Morgan fingerprint density at radius 3 is 2.91 bits per heavy atom. The van der Waals surface area contributed by atoms with Crippen molar-refractivity contribution >= 4 is 10.8 Å². The normalized spacial score (nSPS) is 17.5. The summed E-state index contributed by atoms with van der Waals surface area (Å²) in [5, 5.41) is 15.2. The fraction of sp³-hybridized carbons (Fsp3) is 0.211. The molecule has 1 atom stereocenters. The van der Waals surface area contributed by atoms with Crippen LogP contribution in [0.3, 0.4) is 0 Å². The van der Waals surface area contributed by atoms with Crippen LogP contribution in [0.4, 0.5) is 0 Å². The number of benzene rings is 2. The molecule has 4 nitrogen and oxygen atoms in total. The third-order valence-corrected chi connectivity index (χ3v) is 4.21. The molecule has 116 valence electrons. The van der Waals surface area contributed by atoms with Gasteiger partial charge in [0.1, 0.15) is 17.6 Å². The second-order valence-corrected chi connectivity index (χ2v) is 5.85. The average molecular weight is 306 g/mol. The van der Waals surface area contributed by atoms with Gasteiger partial charge in [-0.15, -0.1) is 0 Å². The number of aromatic nitrogens is 1. The van der Waals surface area contributed by atoms with Gasteiger partial charge in [-0.05, 0) is 54.2 Å². The summed E-state index contributed by atoms with van der Waals surface area (Å²) in [5.74, 6) is 1.13. The van der Waals surface area contributed by atoms with Crippen LogP contribution >= 0.6 is 0 Å². The van der Waals surface area contributed by atoms with Crippen LogP contribution in [0.1, 0.15) is 6.42 Å². The Morgan fingerprint density at radius 1 is 1.13 bits per heavy atom. The SMILES string of the molecule is Oc1cccc(-c2cncc3ccc(O[C@H]4CCNC4)cc23)c1.